The summed E-state index contributed by atoms with van der Waals surface area (Å²) in [6.07, 6.45) is 0.631. The fourth-order valence-corrected chi connectivity index (χ4v) is 0.943. The van der Waals surface area contributed by atoms with E-state index in [9.17, 15) is 9.59 Å². The number of aromatic carboxylic acids is 1. The molecule has 0 fully saturated rings. The second-order valence-electron chi connectivity index (χ2n) is 2.50. The standard InChI is InChI=1S/C9H8O3/c1-6-2-3-7(5-10)4-8(6)9(11)12/h2-5H,1H3,(H,11,12). The van der Waals surface area contributed by atoms with E-state index in [4.69, 9.17) is 5.11 Å². The zero-order chi connectivity index (χ0) is 9.14. The van der Waals surface area contributed by atoms with E-state index in [1.807, 2.05) is 0 Å². The predicted molar refractivity (Wildman–Crippen MR) is 43.5 cm³/mol. The molecular weight excluding hydrogens is 156 g/mol. The molecular formula is C9H8O3. The Morgan fingerprint density at radius 3 is 2.67 bits per heavy atom. The average molecular weight is 164 g/mol. The van der Waals surface area contributed by atoms with Crippen LogP contribution in [0.3, 0.4) is 0 Å². The highest BCUT2D eigenvalue weighted by atomic mass is 16.4. The molecule has 0 aliphatic heterocycles. The highest BCUT2D eigenvalue weighted by Gasteiger charge is 2.06. The van der Waals surface area contributed by atoms with E-state index in [1.165, 1.54) is 6.07 Å². The van der Waals surface area contributed by atoms with Gasteiger partial charge in [-0.2, -0.15) is 0 Å². The smallest absolute Gasteiger partial charge is 0.335 e. The first-order chi connectivity index (χ1) is 5.65. The van der Waals surface area contributed by atoms with Gasteiger partial charge in [0.25, 0.3) is 0 Å². The van der Waals surface area contributed by atoms with E-state index in [1.54, 1.807) is 19.1 Å². The SMILES string of the molecule is Cc1ccc(C=O)cc1C(=O)O. The van der Waals surface area contributed by atoms with Crippen molar-refractivity contribution in [3.63, 3.8) is 0 Å². The van der Waals surface area contributed by atoms with E-state index in [0.717, 1.165) is 0 Å². The number of benzene rings is 1. The lowest BCUT2D eigenvalue weighted by atomic mass is 10.1. The van der Waals surface area contributed by atoms with Gasteiger partial charge in [0.15, 0.2) is 0 Å². The molecule has 62 valence electrons. The Balaban J connectivity index is 3.25. The molecule has 0 saturated carbocycles. The van der Waals surface area contributed by atoms with Gasteiger partial charge in [0.2, 0.25) is 0 Å². The number of rotatable bonds is 2. The van der Waals surface area contributed by atoms with Crippen LogP contribution in [0.15, 0.2) is 18.2 Å². The van der Waals surface area contributed by atoms with Gasteiger partial charge in [0.1, 0.15) is 6.29 Å². The first kappa shape index (κ1) is 8.46. The van der Waals surface area contributed by atoms with Crippen LogP contribution in [-0.2, 0) is 0 Å². The van der Waals surface area contributed by atoms with Gasteiger partial charge in [-0.1, -0.05) is 12.1 Å². The van der Waals surface area contributed by atoms with Gasteiger partial charge < -0.3 is 5.11 Å². The molecule has 0 aliphatic carbocycles. The monoisotopic (exact) mass is 164 g/mol. The molecule has 0 aliphatic rings. The first-order valence-corrected chi connectivity index (χ1v) is 3.44. The number of carboxylic acids is 1. The Bertz CT molecular complexity index is 329. The van der Waals surface area contributed by atoms with Gasteiger partial charge >= 0.3 is 5.97 Å². The summed E-state index contributed by atoms with van der Waals surface area (Å²) < 4.78 is 0. The molecule has 0 amide bonds. The van der Waals surface area contributed by atoms with Crippen LogP contribution in [-0.4, -0.2) is 17.4 Å². The van der Waals surface area contributed by atoms with Gasteiger partial charge in [-0.3, -0.25) is 4.79 Å². The van der Waals surface area contributed by atoms with Crippen molar-refractivity contribution >= 4 is 12.3 Å². The lowest BCUT2D eigenvalue weighted by Crippen LogP contribution is -2.00. The number of carbonyl (C=O) groups is 2. The van der Waals surface area contributed by atoms with Crippen molar-refractivity contribution in [2.45, 2.75) is 6.92 Å². The maximum absolute atomic E-state index is 10.6. The fourth-order valence-electron chi connectivity index (χ4n) is 0.943. The maximum atomic E-state index is 10.6. The van der Waals surface area contributed by atoms with Gasteiger partial charge in [-0.05, 0) is 18.6 Å². The van der Waals surface area contributed by atoms with Crippen molar-refractivity contribution in [2.24, 2.45) is 0 Å². The minimum atomic E-state index is -1.00. The first-order valence-electron chi connectivity index (χ1n) is 3.44. The number of hydrogen-bond donors (Lipinski definition) is 1. The summed E-state index contributed by atoms with van der Waals surface area (Å²) in [6, 6.07) is 4.58. The van der Waals surface area contributed by atoms with Crippen molar-refractivity contribution < 1.29 is 14.7 Å². The Labute approximate surface area is 69.6 Å². The molecule has 0 bridgehead atoms. The van der Waals surface area contributed by atoms with Crippen LogP contribution in [0.1, 0.15) is 26.3 Å². The molecule has 0 heterocycles. The molecule has 0 radical (unpaired) electrons. The summed E-state index contributed by atoms with van der Waals surface area (Å²) >= 11 is 0. The summed E-state index contributed by atoms with van der Waals surface area (Å²) in [5.41, 5.74) is 1.23. The van der Waals surface area contributed by atoms with E-state index in [0.29, 0.717) is 17.4 Å². The van der Waals surface area contributed by atoms with Crippen LogP contribution in [0, 0.1) is 6.92 Å². The van der Waals surface area contributed by atoms with Crippen molar-refractivity contribution in [3.8, 4) is 0 Å². The van der Waals surface area contributed by atoms with E-state index in [-0.39, 0.29) is 5.56 Å². The molecule has 1 aromatic rings. The minimum absolute atomic E-state index is 0.180. The number of aryl methyl sites for hydroxylation is 1. The molecule has 1 N–H and O–H groups in total. The minimum Gasteiger partial charge on any atom is -0.478 e. The lowest BCUT2D eigenvalue weighted by Gasteiger charge is -1.99. The Morgan fingerprint density at radius 2 is 2.17 bits per heavy atom. The topological polar surface area (TPSA) is 54.4 Å². The van der Waals surface area contributed by atoms with Crippen molar-refractivity contribution in [3.05, 3.63) is 34.9 Å². The summed E-state index contributed by atoms with van der Waals surface area (Å²) in [6.45, 7) is 1.69. The second kappa shape index (κ2) is 3.17. The van der Waals surface area contributed by atoms with Gasteiger partial charge in [-0.25, -0.2) is 4.79 Å². The third-order valence-corrected chi connectivity index (χ3v) is 1.63. The highest BCUT2D eigenvalue weighted by molar-refractivity contribution is 5.91. The van der Waals surface area contributed by atoms with Crippen LogP contribution in [0.2, 0.25) is 0 Å². The Morgan fingerprint density at radius 1 is 1.50 bits per heavy atom. The Kier molecular flexibility index (Phi) is 2.24. The molecule has 0 spiro atoms. The molecule has 0 aromatic heterocycles. The molecule has 3 heteroatoms. The number of carbonyl (C=O) groups excluding carboxylic acids is 1. The van der Waals surface area contributed by atoms with Crippen molar-refractivity contribution in [1.29, 1.82) is 0 Å². The Hall–Kier alpha value is -1.64. The van der Waals surface area contributed by atoms with E-state index in [2.05, 4.69) is 0 Å². The van der Waals surface area contributed by atoms with E-state index < -0.39 is 5.97 Å². The van der Waals surface area contributed by atoms with Crippen molar-refractivity contribution in [2.75, 3.05) is 0 Å². The molecule has 0 saturated heterocycles. The normalized spacial score (nSPS) is 9.42. The summed E-state index contributed by atoms with van der Waals surface area (Å²) in [7, 11) is 0. The zero-order valence-corrected chi connectivity index (χ0v) is 6.57. The molecule has 12 heavy (non-hydrogen) atoms. The summed E-state index contributed by atoms with van der Waals surface area (Å²) in [5, 5.41) is 8.67. The number of carboxylic acid groups (broad SMARTS) is 1. The quantitative estimate of drug-likeness (QED) is 0.674. The predicted octanol–water partition coefficient (Wildman–Crippen LogP) is 1.51. The van der Waals surface area contributed by atoms with Gasteiger partial charge in [-0.15, -0.1) is 0 Å². The number of aldehydes is 1. The number of hydrogen-bond acceptors (Lipinski definition) is 2. The molecule has 1 aromatic carbocycles. The van der Waals surface area contributed by atoms with Gasteiger partial charge in [0, 0.05) is 5.56 Å². The van der Waals surface area contributed by atoms with Crippen LogP contribution < -0.4 is 0 Å². The molecule has 0 unspecified atom stereocenters. The average Bonchev–Trinajstić information content (AvgIpc) is 2.05. The fraction of sp³-hybridized carbons (Fsp3) is 0.111. The third-order valence-electron chi connectivity index (χ3n) is 1.63. The van der Waals surface area contributed by atoms with Crippen LogP contribution in [0.4, 0.5) is 0 Å². The van der Waals surface area contributed by atoms with Gasteiger partial charge in [0.05, 0.1) is 5.56 Å². The van der Waals surface area contributed by atoms with Crippen LogP contribution >= 0.6 is 0 Å². The third kappa shape index (κ3) is 1.50. The zero-order valence-electron chi connectivity index (χ0n) is 6.57. The highest BCUT2D eigenvalue weighted by Crippen LogP contribution is 2.09. The second-order valence-corrected chi connectivity index (χ2v) is 2.50. The largest absolute Gasteiger partial charge is 0.478 e. The van der Waals surface area contributed by atoms with Crippen molar-refractivity contribution in [1.82, 2.24) is 0 Å². The molecule has 3 nitrogen and oxygen atoms in total. The lowest BCUT2D eigenvalue weighted by molar-refractivity contribution is 0.0696. The maximum Gasteiger partial charge on any atom is 0.335 e. The molecule has 1 rings (SSSR count). The van der Waals surface area contributed by atoms with Crippen LogP contribution in [0.5, 0.6) is 0 Å². The summed E-state index contributed by atoms with van der Waals surface area (Å²) in [5.74, 6) is -1.00. The molecule has 0 atom stereocenters. The summed E-state index contributed by atoms with van der Waals surface area (Å²) in [4.78, 5) is 20.9. The van der Waals surface area contributed by atoms with E-state index >= 15 is 0 Å². The van der Waals surface area contributed by atoms with Crippen LogP contribution in [0.25, 0.3) is 0 Å².